The summed E-state index contributed by atoms with van der Waals surface area (Å²) in [4.78, 5) is 12.9. The quantitative estimate of drug-likeness (QED) is 0.697. The maximum atomic E-state index is 5.37. The lowest BCUT2D eigenvalue weighted by Gasteiger charge is -2.14. The van der Waals surface area contributed by atoms with Crippen LogP contribution in [0.5, 0.6) is 17.2 Å². The van der Waals surface area contributed by atoms with Gasteiger partial charge in [-0.1, -0.05) is 6.92 Å². The summed E-state index contributed by atoms with van der Waals surface area (Å²) in [7, 11) is 4.70. The minimum absolute atomic E-state index is 0.417. The first kappa shape index (κ1) is 17.5. The Morgan fingerprint density at radius 1 is 1.04 bits per heavy atom. The zero-order valence-corrected chi connectivity index (χ0v) is 15.2. The third kappa shape index (κ3) is 3.39. The lowest BCUT2D eigenvalue weighted by atomic mass is 10.2. The second kappa shape index (κ2) is 7.73. The van der Waals surface area contributed by atoms with Gasteiger partial charge in [0, 0.05) is 29.7 Å². The first-order chi connectivity index (χ1) is 12.7. The van der Waals surface area contributed by atoms with E-state index in [4.69, 9.17) is 14.2 Å². The highest BCUT2D eigenvalue weighted by Gasteiger charge is 2.14. The molecule has 0 radical (unpaired) electrons. The molecule has 0 spiro atoms. The molecular weight excluding hydrogens is 334 g/mol. The molecule has 2 aromatic heterocycles. The van der Waals surface area contributed by atoms with E-state index in [0.29, 0.717) is 34.8 Å². The fraction of sp³-hybridized carbons (Fsp3) is 0.278. The van der Waals surface area contributed by atoms with Crippen LogP contribution in [-0.4, -0.2) is 40.8 Å². The number of aryl methyl sites for hydroxylation is 1. The minimum Gasteiger partial charge on any atom is -0.493 e. The number of nitrogens with one attached hydrogen (secondary N) is 1. The average Bonchev–Trinajstić information content (AvgIpc) is 3.16. The number of ether oxygens (including phenoxy) is 3. The van der Waals surface area contributed by atoms with E-state index in [9.17, 15) is 0 Å². The Morgan fingerprint density at radius 3 is 2.38 bits per heavy atom. The van der Waals surface area contributed by atoms with E-state index in [1.54, 1.807) is 33.5 Å². The smallest absolute Gasteiger partial charge is 0.238 e. The highest BCUT2D eigenvalue weighted by molar-refractivity contribution is 5.65. The molecule has 0 fully saturated rings. The summed E-state index contributed by atoms with van der Waals surface area (Å²) in [5, 5.41) is 3.15. The number of aromatic nitrogens is 4. The zero-order valence-electron chi connectivity index (χ0n) is 15.2. The van der Waals surface area contributed by atoms with Crippen molar-refractivity contribution in [3.8, 4) is 23.2 Å². The fourth-order valence-corrected chi connectivity index (χ4v) is 2.65. The Bertz CT molecular complexity index is 869. The monoisotopic (exact) mass is 355 g/mol. The van der Waals surface area contributed by atoms with Crippen LogP contribution in [0.4, 0.5) is 11.6 Å². The Hall–Kier alpha value is -3.29. The lowest BCUT2D eigenvalue weighted by molar-refractivity contribution is 0.324. The molecule has 1 aromatic carbocycles. The van der Waals surface area contributed by atoms with E-state index < -0.39 is 0 Å². The van der Waals surface area contributed by atoms with Crippen LogP contribution in [0, 0.1) is 0 Å². The highest BCUT2D eigenvalue weighted by atomic mass is 16.5. The van der Waals surface area contributed by atoms with Crippen molar-refractivity contribution in [3.63, 3.8) is 0 Å². The largest absolute Gasteiger partial charge is 0.493 e. The maximum Gasteiger partial charge on any atom is 0.238 e. The van der Waals surface area contributed by atoms with Gasteiger partial charge < -0.3 is 19.5 Å². The van der Waals surface area contributed by atoms with Crippen molar-refractivity contribution in [1.29, 1.82) is 0 Å². The molecule has 0 amide bonds. The van der Waals surface area contributed by atoms with Crippen molar-refractivity contribution in [2.75, 3.05) is 26.6 Å². The van der Waals surface area contributed by atoms with Crippen molar-refractivity contribution in [3.05, 3.63) is 42.5 Å². The summed E-state index contributed by atoms with van der Waals surface area (Å²) in [5.41, 5.74) is 1.83. The first-order valence-electron chi connectivity index (χ1n) is 8.12. The third-order valence-electron chi connectivity index (χ3n) is 3.89. The summed E-state index contributed by atoms with van der Waals surface area (Å²) >= 11 is 0. The van der Waals surface area contributed by atoms with Gasteiger partial charge >= 0.3 is 0 Å². The SMILES string of the molecule is CCc1cccn1-c1ncnc(Nc2cc(OC)c(OC)c(OC)c2)n1. The van der Waals surface area contributed by atoms with E-state index in [-0.39, 0.29) is 0 Å². The molecule has 26 heavy (non-hydrogen) atoms. The van der Waals surface area contributed by atoms with Crippen LogP contribution in [0.1, 0.15) is 12.6 Å². The summed E-state index contributed by atoms with van der Waals surface area (Å²) in [6.45, 7) is 2.09. The third-order valence-corrected chi connectivity index (χ3v) is 3.89. The topological polar surface area (TPSA) is 83.3 Å². The number of hydrogen-bond acceptors (Lipinski definition) is 7. The van der Waals surface area contributed by atoms with Crippen LogP contribution >= 0.6 is 0 Å². The Labute approximate surface area is 151 Å². The van der Waals surface area contributed by atoms with Gasteiger partial charge in [0.2, 0.25) is 17.6 Å². The molecule has 3 aromatic rings. The number of anilines is 2. The number of methoxy groups -OCH3 is 3. The second-order valence-electron chi connectivity index (χ2n) is 5.37. The molecule has 0 atom stereocenters. The minimum atomic E-state index is 0.417. The molecule has 0 aliphatic heterocycles. The van der Waals surface area contributed by atoms with Gasteiger partial charge in [-0.3, -0.25) is 4.57 Å². The van der Waals surface area contributed by atoms with Crippen molar-refractivity contribution in [2.45, 2.75) is 13.3 Å². The molecular formula is C18H21N5O3. The molecule has 2 heterocycles. The fourth-order valence-electron chi connectivity index (χ4n) is 2.65. The Morgan fingerprint density at radius 2 is 1.77 bits per heavy atom. The van der Waals surface area contributed by atoms with Gasteiger partial charge in [0.05, 0.1) is 21.3 Å². The maximum absolute atomic E-state index is 5.37. The van der Waals surface area contributed by atoms with Gasteiger partial charge in [-0.2, -0.15) is 4.98 Å². The molecule has 0 bridgehead atoms. The Kier molecular flexibility index (Phi) is 5.21. The predicted octanol–water partition coefficient (Wildman–Crippen LogP) is 2.99. The molecule has 0 saturated carbocycles. The highest BCUT2D eigenvalue weighted by Crippen LogP contribution is 2.40. The van der Waals surface area contributed by atoms with Gasteiger partial charge in [-0.15, -0.1) is 0 Å². The molecule has 8 heteroatoms. The lowest BCUT2D eigenvalue weighted by Crippen LogP contribution is -2.07. The summed E-state index contributed by atoms with van der Waals surface area (Å²) in [6, 6.07) is 7.58. The molecule has 8 nitrogen and oxygen atoms in total. The predicted molar refractivity (Wildman–Crippen MR) is 97.9 cm³/mol. The van der Waals surface area contributed by atoms with Crippen molar-refractivity contribution in [1.82, 2.24) is 19.5 Å². The molecule has 0 aliphatic carbocycles. The van der Waals surface area contributed by atoms with Gasteiger partial charge in [0.15, 0.2) is 11.5 Å². The zero-order chi connectivity index (χ0) is 18.5. The molecule has 136 valence electrons. The second-order valence-corrected chi connectivity index (χ2v) is 5.37. The van der Waals surface area contributed by atoms with Gasteiger partial charge in [0.1, 0.15) is 6.33 Å². The standard InChI is InChI=1S/C18H21N5O3/c1-5-13-7-6-8-23(13)18-20-11-19-17(22-18)21-12-9-14(24-2)16(26-4)15(10-12)25-3/h6-11H,5H2,1-4H3,(H,19,20,21,22). The van der Waals surface area contributed by atoms with E-state index in [1.807, 2.05) is 22.9 Å². The van der Waals surface area contributed by atoms with Crippen LogP contribution in [0.3, 0.4) is 0 Å². The van der Waals surface area contributed by atoms with E-state index in [2.05, 4.69) is 27.2 Å². The molecule has 0 saturated heterocycles. The number of nitrogens with zero attached hydrogens (tertiary/aromatic N) is 4. The number of benzene rings is 1. The normalized spacial score (nSPS) is 10.5. The summed E-state index contributed by atoms with van der Waals surface area (Å²) in [6.07, 6.45) is 4.29. The van der Waals surface area contributed by atoms with Crippen LogP contribution in [-0.2, 0) is 6.42 Å². The van der Waals surface area contributed by atoms with Gasteiger partial charge in [-0.25, -0.2) is 9.97 Å². The van der Waals surface area contributed by atoms with Crippen LogP contribution < -0.4 is 19.5 Å². The van der Waals surface area contributed by atoms with Crippen molar-refractivity contribution in [2.24, 2.45) is 0 Å². The Balaban J connectivity index is 1.93. The molecule has 1 N–H and O–H groups in total. The average molecular weight is 355 g/mol. The van der Waals surface area contributed by atoms with Gasteiger partial charge in [0.25, 0.3) is 0 Å². The van der Waals surface area contributed by atoms with E-state index in [0.717, 1.165) is 12.1 Å². The summed E-state index contributed by atoms with van der Waals surface area (Å²) in [5.74, 6) is 2.58. The first-order valence-corrected chi connectivity index (χ1v) is 8.12. The molecule has 0 aliphatic rings. The molecule has 0 unspecified atom stereocenters. The van der Waals surface area contributed by atoms with Crippen LogP contribution in [0.25, 0.3) is 5.95 Å². The number of hydrogen-bond donors (Lipinski definition) is 1. The van der Waals surface area contributed by atoms with E-state index >= 15 is 0 Å². The van der Waals surface area contributed by atoms with Gasteiger partial charge in [-0.05, 0) is 18.6 Å². The summed E-state index contributed by atoms with van der Waals surface area (Å²) < 4.78 is 18.0. The van der Waals surface area contributed by atoms with Crippen molar-refractivity contribution >= 4 is 11.6 Å². The molecule has 3 rings (SSSR count). The van der Waals surface area contributed by atoms with Crippen LogP contribution in [0.2, 0.25) is 0 Å². The number of rotatable bonds is 7. The van der Waals surface area contributed by atoms with E-state index in [1.165, 1.54) is 6.33 Å². The van der Waals surface area contributed by atoms with Crippen molar-refractivity contribution < 1.29 is 14.2 Å². The van der Waals surface area contributed by atoms with Crippen LogP contribution in [0.15, 0.2) is 36.8 Å².